The highest BCUT2D eigenvalue weighted by Gasteiger charge is 2.14. The number of rotatable bonds is 4. The molecule has 18 heavy (non-hydrogen) atoms. The van der Waals surface area contributed by atoms with Gasteiger partial charge in [0.15, 0.2) is 0 Å². The summed E-state index contributed by atoms with van der Waals surface area (Å²) in [5.74, 6) is 0. The second-order valence-electron chi connectivity index (χ2n) is 4.97. The molecule has 2 heterocycles. The van der Waals surface area contributed by atoms with Crippen LogP contribution in [0.15, 0.2) is 18.2 Å². The van der Waals surface area contributed by atoms with Gasteiger partial charge in [0.05, 0.1) is 12.3 Å². The van der Waals surface area contributed by atoms with Crippen LogP contribution >= 0.6 is 0 Å². The zero-order chi connectivity index (χ0) is 12.8. The molecule has 1 aromatic heterocycles. The van der Waals surface area contributed by atoms with Crippen molar-refractivity contribution >= 4 is 0 Å². The Balaban J connectivity index is 1.87. The summed E-state index contributed by atoms with van der Waals surface area (Å²) in [6, 6.07) is 6.21. The Kier molecular flexibility index (Phi) is 5.11. The molecule has 1 saturated heterocycles. The number of aliphatic hydroxyl groups is 1. The lowest BCUT2D eigenvalue weighted by Gasteiger charge is -2.20. The van der Waals surface area contributed by atoms with Crippen molar-refractivity contribution in [3.05, 3.63) is 29.6 Å². The minimum Gasteiger partial charge on any atom is -0.395 e. The molecule has 0 saturated carbocycles. The molecule has 0 unspecified atom stereocenters. The molecule has 1 aromatic rings. The van der Waals surface area contributed by atoms with Crippen LogP contribution in [-0.4, -0.2) is 59.2 Å². The standard InChI is InChI=1S/C14H23N3O/c1-13-4-2-5-14(15-13)12-17-7-3-6-16(8-9-17)10-11-18/h2,4-5,18H,3,6-12H2,1H3. The fourth-order valence-corrected chi connectivity index (χ4v) is 2.46. The molecular weight excluding hydrogens is 226 g/mol. The third kappa shape index (κ3) is 4.05. The molecule has 1 aliphatic rings. The second-order valence-corrected chi connectivity index (χ2v) is 4.97. The van der Waals surface area contributed by atoms with Gasteiger partial charge in [0.25, 0.3) is 0 Å². The molecule has 4 nitrogen and oxygen atoms in total. The van der Waals surface area contributed by atoms with Crippen molar-refractivity contribution in [2.45, 2.75) is 19.9 Å². The Morgan fingerprint density at radius 1 is 1.17 bits per heavy atom. The summed E-state index contributed by atoms with van der Waals surface area (Å²) >= 11 is 0. The van der Waals surface area contributed by atoms with E-state index in [9.17, 15) is 0 Å². The van der Waals surface area contributed by atoms with Crippen molar-refractivity contribution < 1.29 is 5.11 Å². The number of aliphatic hydroxyl groups excluding tert-OH is 1. The van der Waals surface area contributed by atoms with E-state index in [0.29, 0.717) is 0 Å². The first-order chi connectivity index (χ1) is 8.78. The van der Waals surface area contributed by atoms with Gasteiger partial charge < -0.3 is 5.11 Å². The molecule has 100 valence electrons. The summed E-state index contributed by atoms with van der Waals surface area (Å²) < 4.78 is 0. The first-order valence-electron chi connectivity index (χ1n) is 6.76. The predicted octanol–water partition coefficient (Wildman–Crippen LogP) is 0.890. The molecule has 0 aliphatic carbocycles. The number of aryl methyl sites for hydroxylation is 1. The van der Waals surface area contributed by atoms with E-state index >= 15 is 0 Å². The van der Waals surface area contributed by atoms with Crippen molar-refractivity contribution in [1.82, 2.24) is 14.8 Å². The topological polar surface area (TPSA) is 39.6 Å². The number of aromatic nitrogens is 1. The summed E-state index contributed by atoms with van der Waals surface area (Å²) in [6.45, 7) is 8.37. The van der Waals surface area contributed by atoms with Crippen molar-refractivity contribution in [2.24, 2.45) is 0 Å². The second kappa shape index (κ2) is 6.83. The lowest BCUT2D eigenvalue weighted by atomic mass is 10.3. The summed E-state index contributed by atoms with van der Waals surface area (Å²) in [5.41, 5.74) is 2.25. The van der Waals surface area contributed by atoms with E-state index in [1.807, 2.05) is 13.0 Å². The zero-order valence-corrected chi connectivity index (χ0v) is 11.2. The normalized spacial score (nSPS) is 18.8. The summed E-state index contributed by atoms with van der Waals surface area (Å²) in [5, 5.41) is 8.98. The molecule has 1 N–H and O–H groups in total. The fraction of sp³-hybridized carbons (Fsp3) is 0.643. The van der Waals surface area contributed by atoms with Crippen LogP contribution in [0.25, 0.3) is 0 Å². The third-order valence-corrected chi connectivity index (χ3v) is 3.43. The Hall–Kier alpha value is -0.970. The molecule has 0 amide bonds. The lowest BCUT2D eigenvalue weighted by molar-refractivity contribution is 0.195. The van der Waals surface area contributed by atoms with Crippen LogP contribution in [0, 0.1) is 6.92 Å². The van der Waals surface area contributed by atoms with Crippen molar-refractivity contribution in [3.8, 4) is 0 Å². The Labute approximate surface area is 109 Å². The Morgan fingerprint density at radius 2 is 1.94 bits per heavy atom. The largest absolute Gasteiger partial charge is 0.395 e. The number of β-amino-alcohol motifs (C(OH)–C–C–N with tert-alkyl or cyclic N) is 1. The minimum atomic E-state index is 0.263. The van der Waals surface area contributed by atoms with Gasteiger partial charge >= 0.3 is 0 Å². The molecule has 2 rings (SSSR count). The number of nitrogens with zero attached hydrogens (tertiary/aromatic N) is 3. The third-order valence-electron chi connectivity index (χ3n) is 3.43. The number of hydrogen-bond acceptors (Lipinski definition) is 4. The van der Waals surface area contributed by atoms with Gasteiger partial charge in [-0.2, -0.15) is 0 Å². The summed E-state index contributed by atoms with van der Waals surface area (Å²) in [7, 11) is 0. The maximum absolute atomic E-state index is 8.98. The van der Waals surface area contributed by atoms with Gasteiger partial charge in [-0.05, 0) is 38.6 Å². The summed E-state index contributed by atoms with van der Waals surface area (Å²) in [6.07, 6.45) is 1.17. The highest BCUT2D eigenvalue weighted by Crippen LogP contribution is 2.07. The smallest absolute Gasteiger partial charge is 0.0558 e. The first kappa shape index (κ1) is 13.5. The maximum atomic E-state index is 8.98. The summed E-state index contributed by atoms with van der Waals surface area (Å²) in [4.78, 5) is 9.35. The van der Waals surface area contributed by atoms with Gasteiger partial charge in [0, 0.05) is 31.9 Å². The molecule has 1 aliphatic heterocycles. The van der Waals surface area contributed by atoms with E-state index in [4.69, 9.17) is 5.11 Å². The van der Waals surface area contributed by atoms with Gasteiger partial charge in [-0.25, -0.2) is 0 Å². The molecule has 0 radical (unpaired) electrons. The van der Waals surface area contributed by atoms with Crippen molar-refractivity contribution in [1.29, 1.82) is 0 Å². The molecule has 0 bridgehead atoms. The maximum Gasteiger partial charge on any atom is 0.0558 e. The lowest BCUT2D eigenvalue weighted by Crippen LogP contribution is -2.32. The molecule has 0 aromatic carbocycles. The fourth-order valence-electron chi connectivity index (χ4n) is 2.46. The van der Waals surface area contributed by atoms with Crippen LogP contribution < -0.4 is 0 Å². The number of pyridine rings is 1. The van der Waals surface area contributed by atoms with Crippen LogP contribution in [0.2, 0.25) is 0 Å². The van der Waals surface area contributed by atoms with Gasteiger partial charge in [-0.15, -0.1) is 0 Å². The van der Waals surface area contributed by atoms with E-state index in [0.717, 1.165) is 50.7 Å². The average molecular weight is 249 g/mol. The van der Waals surface area contributed by atoms with E-state index < -0.39 is 0 Å². The minimum absolute atomic E-state index is 0.263. The highest BCUT2D eigenvalue weighted by atomic mass is 16.3. The van der Waals surface area contributed by atoms with Crippen molar-refractivity contribution in [2.75, 3.05) is 39.3 Å². The van der Waals surface area contributed by atoms with Crippen molar-refractivity contribution in [3.63, 3.8) is 0 Å². The highest BCUT2D eigenvalue weighted by molar-refractivity contribution is 5.09. The van der Waals surface area contributed by atoms with Crippen LogP contribution in [0.3, 0.4) is 0 Å². The van der Waals surface area contributed by atoms with E-state index in [-0.39, 0.29) is 6.61 Å². The number of hydrogen-bond donors (Lipinski definition) is 1. The van der Waals surface area contributed by atoms with Gasteiger partial charge in [0.2, 0.25) is 0 Å². The van der Waals surface area contributed by atoms with E-state index in [1.165, 1.54) is 6.42 Å². The quantitative estimate of drug-likeness (QED) is 0.860. The Morgan fingerprint density at radius 3 is 2.72 bits per heavy atom. The molecule has 0 spiro atoms. The van der Waals surface area contributed by atoms with E-state index in [1.54, 1.807) is 0 Å². The average Bonchev–Trinajstić information content (AvgIpc) is 2.56. The molecular formula is C14H23N3O. The molecule has 1 fully saturated rings. The van der Waals surface area contributed by atoms with E-state index in [2.05, 4.69) is 26.9 Å². The zero-order valence-electron chi connectivity index (χ0n) is 11.2. The monoisotopic (exact) mass is 249 g/mol. The predicted molar refractivity (Wildman–Crippen MR) is 72.4 cm³/mol. The first-order valence-corrected chi connectivity index (χ1v) is 6.76. The van der Waals surface area contributed by atoms with Crippen LogP contribution in [0.5, 0.6) is 0 Å². The van der Waals surface area contributed by atoms with Gasteiger partial charge in [-0.1, -0.05) is 6.07 Å². The van der Waals surface area contributed by atoms with Gasteiger partial charge in [0.1, 0.15) is 0 Å². The SMILES string of the molecule is Cc1cccc(CN2CCCN(CCO)CC2)n1. The van der Waals surface area contributed by atoms with Crippen LogP contribution in [0.1, 0.15) is 17.8 Å². The Bertz CT molecular complexity index is 370. The van der Waals surface area contributed by atoms with Gasteiger partial charge in [-0.3, -0.25) is 14.8 Å². The molecule has 4 heteroatoms. The van der Waals surface area contributed by atoms with Crippen LogP contribution in [-0.2, 0) is 6.54 Å². The van der Waals surface area contributed by atoms with Crippen LogP contribution in [0.4, 0.5) is 0 Å². The molecule has 0 atom stereocenters.